The fourth-order valence-electron chi connectivity index (χ4n) is 0.868. The standard InChI is InChI=1S/C10H10F2OS/c11-8-3-4-9(12)10(7-8)13-5-1-2-6-14/h1-4,7,14H,5-6H2. The predicted octanol–water partition coefficient (Wildman–Crippen LogP) is 2.83. The van der Waals surface area contributed by atoms with Gasteiger partial charge in [0.2, 0.25) is 0 Å². The highest BCUT2D eigenvalue weighted by Crippen LogP contribution is 2.17. The van der Waals surface area contributed by atoms with Crippen molar-refractivity contribution in [2.75, 3.05) is 12.4 Å². The van der Waals surface area contributed by atoms with E-state index in [4.69, 9.17) is 4.74 Å². The molecule has 1 aromatic carbocycles. The van der Waals surface area contributed by atoms with Crippen LogP contribution in [0.4, 0.5) is 8.78 Å². The molecule has 0 unspecified atom stereocenters. The van der Waals surface area contributed by atoms with Crippen molar-refractivity contribution >= 4 is 12.6 Å². The normalized spacial score (nSPS) is 10.8. The van der Waals surface area contributed by atoms with E-state index in [1.54, 1.807) is 12.2 Å². The molecule has 0 saturated carbocycles. The average molecular weight is 216 g/mol. The SMILES string of the molecule is Fc1ccc(F)c(OCC=CCS)c1. The van der Waals surface area contributed by atoms with Crippen LogP contribution in [0.3, 0.4) is 0 Å². The second kappa shape index (κ2) is 5.65. The fraction of sp³-hybridized carbons (Fsp3) is 0.200. The van der Waals surface area contributed by atoms with Crippen LogP contribution in [0.15, 0.2) is 30.4 Å². The largest absolute Gasteiger partial charge is 0.486 e. The van der Waals surface area contributed by atoms with E-state index in [-0.39, 0.29) is 12.4 Å². The van der Waals surface area contributed by atoms with Gasteiger partial charge in [-0.2, -0.15) is 12.6 Å². The molecular weight excluding hydrogens is 206 g/mol. The maximum atomic E-state index is 12.9. The summed E-state index contributed by atoms with van der Waals surface area (Å²) in [5, 5.41) is 0. The molecule has 0 aliphatic heterocycles. The minimum Gasteiger partial charge on any atom is -0.486 e. The van der Waals surface area contributed by atoms with Crippen molar-refractivity contribution in [1.82, 2.24) is 0 Å². The molecule has 0 aromatic heterocycles. The first kappa shape index (κ1) is 11.0. The molecule has 0 heterocycles. The molecular formula is C10H10F2OS. The monoisotopic (exact) mass is 216 g/mol. The van der Waals surface area contributed by atoms with Crippen LogP contribution in [0, 0.1) is 11.6 Å². The quantitative estimate of drug-likeness (QED) is 0.601. The maximum absolute atomic E-state index is 12.9. The molecule has 0 spiro atoms. The lowest BCUT2D eigenvalue weighted by Crippen LogP contribution is -1.96. The summed E-state index contributed by atoms with van der Waals surface area (Å²) in [6, 6.07) is 3.10. The molecule has 0 saturated heterocycles. The highest BCUT2D eigenvalue weighted by Gasteiger charge is 2.03. The van der Waals surface area contributed by atoms with E-state index < -0.39 is 11.6 Å². The summed E-state index contributed by atoms with van der Waals surface area (Å²) in [6.07, 6.45) is 3.46. The van der Waals surface area contributed by atoms with Crippen LogP contribution < -0.4 is 4.74 Å². The third-order valence-electron chi connectivity index (χ3n) is 1.50. The van der Waals surface area contributed by atoms with E-state index in [1.165, 1.54) is 0 Å². The summed E-state index contributed by atoms with van der Waals surface area (Å²) in [5.41, 5.74) is 0. The van der Waals surface area contributed by atoms with Crippen LogP contribution in [0.25, 0.3) is 0 Å². The molecule has 0 bridgehead atoms. The van der Waals surface area contributed by atoms with Gasteiger partial charge in [-0.15, -0.1) is 0 Å². The van der Waals surface area contributed by atoms with Crippen LogP contribution in [-0.4, -0.2) is 12.4 Å². The molecule has 0 atom stereocenters. The zero-order valence-corrected chi connectivity index (χ0v) is 8.31. The number of ether oxygens (including phenoxy) is 1. The predicted molar refractivity (Wildman–Crippen MR) is 54.8 cm³/mol. The van der Waals surface area contributed by atoms with Gasteiger partial charge >= 0.3 is 0 Å². The van der Waals surface area contributed by atoms with E-state index in [0.29, 0.717) is 5.75 Å². The summed E-state index contributed by atoms with van der Waals surface area (Å²) in [5.74, 6) is -0.561. The second-order valence-electron chi connectivity index (χ2n) is 2.54. The molecule has 0 fully saturated rings. The van der Waals surface area contributed by atoms with Gasteiger partial charge in [-0.05, 0) is 12.1 Å². The molecule has 0 radical (unpaired) electrons. The third kappa shape index (κ3) is 3.38. The van der Waals surface area contributed by atoms with Crippen molar-refractivity contribution in [2.24, 2.45) is 0 Å². The Bertz CT molecular complexity index is 326. The first-order chi connectivity index (χ1) is 6.74. The number of thiol groups is 1. The molecule has 0 N–H and O–H groups in total. The Balaban J connectivity index is 2.57. The average Bonchev–Trinajstić information content (AvgIpc) is 2.18. The molecule has 1 rings (SSSR count). The Kier molecular flexibility index (Phi) is 4.46. The van der Waals surface area contributed by atoms with Gasteiger partial charge in [-0.1, -0.05) is 12.2 Å². The van der Waals surface area contributed by atoms with Gasteiger partial charge in [-0.25, -0.2) is 8.78 Å². The van der Waals surface area contributed by atoms with E-state index in [1.807, 2.05) is 0 Å². The minimum absolute atomic E-state index is 0.0752. The first-order valence-electron chi connectivity index (χ1n) is 4.07. The smallest absolute Gasteiger partial charge is 0.165 e. The Labute approximate surface area is 86.8 Å². The lowest BCUT2D eigenvalue weighted by molar-refractivity contribution is 0.339. The third-order valence-corrected chi connectivity index (χ3v) is 1.71. The zero-order chi connectivity index (χ0) is 10.4. The Morgan fingerprint density at radius 2 is 2.07 bits per heavy atom. The van der Waals surface area contributed by atoms with Crippen molar-refractivity contribution in [3.63, 3.8) is 0 Å². The lowest BCUT2D eigenvalue weighted by atomic mass is 10.3. The van der Waals surface area contributed by atoms with Crippen LogP contribution in [0.1, 0.15) is 0 Å². The topological polar surface area (TPSA) is 9.23 Å². The number of benzene rings is 1. The van der Waals surface area contributed by atoms with Gasteiger partial charge in [0.1, 0.15) is 12.4 Å². The maximum Gasteiger partial charge on any atom is 0.165 e. The highest BCUT2D eigenvalue weighted by atomic mass is 32.1. The molecule has 4 heteroatoms. The van der Waals surface area contributed by atoms with Gasteiger partial charge in [0.05, 0.1) is 0 Å². The van der Waals surface area contributed by atoms with E-state index in [9.17, 15) is 8.78 Å². The van der Waals surface area contributed by atoms with Crippen molar-refractivity contribution in [3.8, 4) is 5.75 Å². The van der Waals surface area contributed by atoms with Gasteiger partial charge in [0.15, 0.2) is 11.6 Å². The molecule has 1 nitrogen and oxygen atoms in total. The lowest BCUT2D eigenvalue weighted by Gasteiger charge is -2.03. The van der Waals surface area contributed by atoms with Gasteiger partial charge in [-0.3, -0.25) is 0 Å². The van der Waals surface area contributed by atoms with Gasteiger partial charge < -0.3 is 4.74 Å². The molecule has 14 heavy (non-hydrogen) atoms. The minimum atomic E-state index is -0.564. The van der Waals surface area contributed by atoms with E-state index in [2.05, 4.69) is 12.6 Å². The van der Waals surface area contributed by atoms with Crippen LogP contribution in [-0.2, 0) is 0 Å². The Morgan fingerprint density at radius 3 is 2.79 bits per heavy atom. The van der Waals surface area contributed by atoms with Crippen molar-refractivity contribution in [2.45, 2.75) is 0 Å². The Morgan fingerprint density at radius 1 is 1.29 bits per heavy atom. The van der Waals surface area contributed by atoms with Crippen LogP contribution in [0.2, 0.25) is 0 Å². The number of rotatable bonds is 4. The van der Waals surface area contributed by atoms with E-state index in [0.717, 1.165) is 18.2 Å². The summed E-state index contributed by atoms with van der Waals surface area (Å²) in [4.78, 5) is 0. The number of halogens is 2. The van der Waals surface area contributed by atoms with Crippen molar-refractivity contribution in [3.05, 3.63) is 42.0 Å². The fourth-order valence-corrected chi connectivity index (χ4v) is 1.02. The van der Waals surface area contributed by atoms with Crippen LogP contribution >= 0.6 is 12.6 Å². The molecule has 0 aliphatic carbocycles. The zero-order valence-electron chi connectivity index (χ0n) is 7.41. The van der Waals surface area contributed by atoms with E-state index >= 15 is 0 Å². The molecule has 1 aromatic rings. The summed E-state index contributed by atoms with van der Waals surface area (Å²) in [6.45, 7) is 0.209. The Hall–Kier alpha value is -1.03. The molecule has 0 amide bonds. The highest BCUT2D eigenvalue weighted by molar-refractivity contribution is 7.80. The summed E-state index contributed by atoms with van der Waals surface area (Å²) < 4.78 is 30.6. The van der Waals surface area contributed by atoms with Crippen molar-refractivity contribution in [1.29, 1.82) is 0 Å². The first-order valence-corrected chi connectivity index (χ1v) is 4.71. The molecule has 0 aliphatic rings. The molecule has 76 valence electrons. The van der Waals surface area contributed by atoms with Crippen LogP contribution in [0.5, 0.6) is 5.75 Å². The summed E-state index contributed by atoms with van der Waals surface area (Å²) >= 11 is 3.94. The van der Waals surface area contributed by atoms with Gasteiger partial charge in [0.25, 0.3) is 0 Å². The van der Waals surface area contributed by atoms with Gasteiger partial charge in [0, 0.05) is 11.8 Å². The number of hydrogen-bond acceptors (Lipinski definition) is 2. The number of hydrogen-bond donors (Lipinski definition) is 1. The second-order valence-corrected chi connectivity index (χ2v) is 2.90. The summed E-state index contributed by atoms with van der Waals surface area (Å²) in [7, 11) is 0. The van der Waals surface area contributed by atoms with Crippen molar-refractivity contribution < 1.29 is 13.5 Å².